The van der Waals surface area contributed by atoms with Crippen molar-refractivity contribution in [3.63, 3.8) is 0 Å². The van der Waals surface area contributed by atoms with Crippen molar-refractivity contribution in [1.82, 2.24) is 9.97 Å². The van der Waals surface area contributed by atoms with E-state index in [0.29, 0.717) is 28.7 Å². The second-order valence-corrected chi connectivity index (χ2v) is 6.84. The van der Waals surface area contributed by atoms with Crippen LogP contribution in [0.2, 0.25) is 0 Å². The molecular formula is C19H25FN6O. The van der Waals surface area contributed by atoms with Crippen LogP contribution < -0.4 is 20.4 Å². The van der Waals surface area contributed by atoms with Crippen molar-refractivity contribution < 1.29 is 9.18 Å². The Morgan fingerprint density at radius 2 is 1.85 bits per heavy atom. The number of nitrogens with one attached hydrogen (secondary N) is 2. The minimum absolute atomic E-state index is 0.365. The number of hydrogen-bond acceptors (Lipinski definition) is 5. The monoisotopic (exact) mass is 372 g/mol. The van der Waals surface area contributed by atoms with Gasteiger partial charge in [0.25, 0.3) is 0 Å². The van der Waals surface area contributed by atoms with E-state index in [1.54, 1.807) is 25.3 Å². The largest absolute Gasteiger partial charge is 0.361 e. The first-order valence-corrected chi connectivity index (χ1v) is 9.08. The highest BCUT2D eigenvalue weighted by molar-refractivity contribution is 6.01. The van der Waals surface area contributed by atoms with E-state index in [-0.39, 0.29) is 5.82 Å². The summed E-state index contributed by atoms with van der Waals surface area (Å²) in [5.74, 6) is 0.929. The molecule has 8 heteroatoms. The Balaban J connectivity index is 1.77. The predicted molar refractivity (Wildman–Crippen MR) is 106 cm³/mol. The van der Waals surface area contributed by atoms with Gasteiger partial charge in [-0.3, -0.25) is 0 Å². The van der Waals surface area contributed by atoms with Crippen LogP contribution in [-0.4, -0.2) is 43.2 Å². The van der Waals surface area contributed by atoms with Gasteiger partial charge in [-0.2, -0.15) is 4.98 Å². The lowest BCUT2D eigenvalue weighted by Crippen LogP contribution is -2.31. The summed E-state index contributed by atoms with van der Waals surface area (Å²) in [5.41, 5.74) is 1.30. The van der Waals surface area contributed by atoms with Crippen molar-refractivity contribution >= 4 is 29.2 Å². The highest BCUT2D eigenvalue weighted by Gasteiger charge is 2.18. The maximum atomic E-state index is 13.6. The van der Waals surface area contributed by atoms with Gasteiger partial charge in [0.05, 0.1) is 6.20 Å². The third kappa shape index (κ3) is 4.45. The number of urea groups is 1. The van der Waals surface area contributed by atoms with Gasteiger partial charge in [0.1, 0.15) is 11.5 Å². The maximum absolute atomic E-state index is 13.6. The Bertz CT molecular complexity index is 820. The first-order valence-electron chi connectivity index (χ1n) is 9.08. The van der Waals surface area contributed by atoms with E-state index in [1.807, 2.05) is 19.0 Å². The quantitative estimate of drug-likeness (QED) is 0.857. The van der Waals surface area contributed by atoms with Crippen LogP contribution >= 0.6 is 0 Å². The van der Waals surface area contributed by atoms with Crippen molar-refractivity contribution in [3.8, 4) is 0 Å². The molecule has 0 unspecified atom stereocenters. The Morgan fingerprint density at radius 1 is 1.15 bits per heavy atom. The summed E-state index contributed by atoms with van der Waals surface area (Å²) in [6.07, 6.45) is 5.12. The number of rotatable bonds is 4. The van der Waals surface area contributed by atoms with E-state index in [9.17, 15) is 9.18 Å². The van der Waals surface area contributed by atoms with Crippen LogP contribution in [0.4, 0.5) is 32.3 Å². The smallest absolute Gasteiger partial charge is 0.323 e. The maximum Gasteiger partial charge on any atom is 0.323 e. The van der Waals surface area contributed by atoms with Crippen molar-refractivity contribution in [2.24, 2.45) is 0 Å². The molecular weight excluding hydrogens is 347 g/mol. The van der Waals surface area contributed by atoms with E-state index < -0.39 is 6.03 Å². The minimum atomic E-state index is -0.471. The Hall–Kier alpha value is -2.90. The van der Waals surface area contributed by atoms with Crippen LogP contribution in [0.25, 0.3) is 0 Å². The van der Waals surface area contributed by atoms with Crippen molar-refractivity contribution in [1.29, 1.82) is 0 Å². The zero-order valence-corrected chi connectivity index (χ0v) is 15.9. The molecule has 0 atom stereocenters. The molecule has 0 spiro atoms. The molecule has 1 saturated heterocycles. The normalized spacial score (nSPS) is 14.0. The van der Waals surface area contributed by atoms with E-state index in [4.69, 9.17) is 0 Å². The molecule has 0 saturated carbocycles. The molecule has 0 bridgehead atoms. The number of anilines is 4. The second kappa shape index (κ2) is 8.20. The van der Waals surface area contributed by atoms with Gasteiger partial charge in [-0.15, -0.1) is 0 Å². The standard InChI is InChI=1S/C19H25FN6O/c1-13-14(20)8-7-9-15(13)22-19(27)23-16-12-21-18(24-17(16)25(2)3)26-10-5-4-6-11-26/h7-9,12H,4-6,10-11H2,1-3H3,(H2,22,23,27). The lowest BCUT2D eigenvalue weighted by molar-refractivity contribution is 0.262. The number of carbonyl (C=O) groups is 1. The molecule has 1 fully saturated rings. The highest BCUT2D eigenvalue weighted by atomic mass is 19.1. The zero-order chi connectivity index (χ0) is 19.4. The van der Waals surface area contributed by atoms with Crippen LogP contribution in [0.1, 0.15) is 24.8 Å². The minimum Gasteiger partial charge on any atom is -0.361 e. The summed E-state index contributed by atoms with van der Waals surface area (Å²) in [5, 5.41) is 5.43. The molecule has 144 valence electrons. The fourth-order valence-electron chi connectivity index (χ4n) is 3.06. The molecule has 2 amide bonds. The molecule has 1 aliphatic rings. The number of benzene rings is 1. The predicted octanol–water partition coefficient (Wildman–Crippen LogP) is 3.62. The molecule has 0 radical (unpaired) electrons. The third-order valence-corrected chi connectivity index (χ3v) is 4.58. The number of aromatic nitrogens is 2. The van der Waals surface area contributed by atoms with Gasteiger partial charge >= 0.3 is 6.03 Å². The number of hydrogen-bond donors (Lipinski definition) is 2. The van der Waals surface area contributed by atoms with Crippen LogP contribution in [0, 0.1) is 12.7 Å². The average molecular weight is 372 g/mol. The summed E-state index contributed by atoms with van der Waals surface area (Å²) in [6, 6.07) is 4.09. The molecule has 1 aromatic carbocycles. The summed E-state index contributed by atoms with van der Waals surface area (Å²) in [4.78, 5) is 25.4. The third-order valence-electron chi connectivity index (χ3n) is 4.58. The molecule has 27 heavy (non-hydrogen) atoms. The number of piperidine rings is 1. The summed E-state index contributed by atoms with van der Waals surface area (Å²) in [7, 11) is 3.73. The van der Waals surface area contributed by atoms with E-state index in [0.717, 1.165) is 25.9 Å². The topological polar surface area (TPSA) is 73.4 Å². The molecule has 7 nitrogen and oxygen atoms in total. The highest BCUT2D eigenvalue weighted by Crippen LogP contribution is 2.25. The Kier molecular flexibility index (Phi) is 5.73. The molecule has 1 aliphatic heterocycles. The molecule has 2 aromatic rings. The van der Waals surface area contributed by atoms with Crippen LogP contribution in [0.15, 0.2) is 24.4 Å². The average Bonchev–Trinajstić information content (AvgIpc) is 2.66. The molecule has 2 heterocycles. The summed E-state index contributed by atoms with van der Waals surface area (Å²) >= 11 is 0. The van der Waals surface area contributed by atoms with Crippen molar-refractivity contribution in [2.75, 3.05) is 47.6 Å². The van der Waals surface area contributed by atoms with Crippen LogP contribution in [-0.2, 0) is 0 Å². The summed E-state index contributed by atoms with van der Waals surface area (Å²) < 4.78 is 13.6. The van der Waals surface area contributed by atoms with Gasteiger partial charge in [-0.25, -0.2) is 14.2 Å². The van der Waals surface area contributed by atoms with Gasteiger partial charge in [0.15, 0.2) is 5.82 Å². The van der Waals surface area contributed by atoms with Crippen LogP contribution in [0.5, 0.6) is 0 Å². The number of nitrogens with zero attached hydrogens (tertiary/aromatic N) is 4. The Morgan fingerprint density at radius 3 is 2.56 bits per heavy atom. The van der Waals surface area contributed by atoms with E-state index in [1.165, 1.54) is 12.5 Å². The fourth-order valence-corrected chi connectivity index (χ4v) is 3.06. The number of amides is 2. The number of halogens is 1. The van der Waals surface area contributed by atoms with Crippen molar-refractivity contribution in [3.05, 3.63) is 35.8 Å². The van der Waals surface area contributed by atoms with Gasteiger partial charge in [-0.05, 0) is 38.3 Å². The molecule has 2 N–H and O–H groups in total. The lowest BCUT2D eigenvalue weighted by atomic mass is 10.1. The van der Waals surface area contributed by atoms with Gasteiger partial charge in [-0.1, -0.05) is 6.07 Å². The van der Waals surface area contributed by atoms with Gasteiger partial charge in [0, 0.05) is 38.4 Å². The molecule has 0 aliphatic carbocycles. The lowest BCUT2D eigenvalue weighted by Gasteiger charge is -2.28. The first kappa shape index (κ1) is 18.9. The summed E-state index contributed by atoms with van der Waals surface area (Å²) in [6.45, 7) is 3.50. The molecule has 1 aromatic heterocycles. The van der Waals surface area contributed by atoms with Gasteiger partial charge in [0.2, 0.25) is 5.95 Å². The first-order chi connectivity index (χ1) is 13.0. The van der Waals surface area contributed by atoms with E-state index in [2.05, 4.69) is 25.5 Å². The van der Waals surface area contributed by atoms with Crippen molar-refractivity contribution in [2.45, 2.75) is 26.2 Å². The molecule has 3 rings (SSSR count). The SMILES string of the molecule is Cc1c(F)cccc1NC(=O)Nc1cnc(N2CCCCC2)nc1N(C)C. The van der Waals surface area contributed by atoms with E-state index >= 15 is 0 Å². The number of carbonyl (C=O) groups excluding carboxylic acids is 1. The second-order valence-electron chi connectivity index (χ2n) is 6.84. The Labute approximate surface area is 158 Å². The zero-order valence-electron chi connectivity index (χ0n) is 15.9. The van der Waals surface area contributed by atoms with Crippen LogP contribution in [0.3, 0.4) is 0 Å². The fraction of sp³-hybridized carbons (Fsp3) is 0.421. The van der Waals surface area contributed by atoms with Gasteiger partial charge < -0.3 is 20.4 Å².